The van der Waals surface area contributed by atoms with Gasteiger partial charge in [0, 0.05) is 5.92 Å². The normalized spacial score (nSPS) is 36.4. The SMILES string of the molecule is CCC1CC1(O)C1COc2ccccc2C1. The van der Waals surface area contributed by atoms with Gasteiger partial charge in [0.05, 0.1) is 12.2 Å². The fourth-order valence-corrected chi connectivity index (χ4v) is 2.98. The van der Waals surface area contributed by atoms with Gasteiger partial charge >= 0.3 is 0 Å². The first-order chi connectivity index (χ1) is 7.74. The molecule has 0 amide bonds. The average Bonchev–Trinajstić information content (AvgIpc) is 3.01. The first-order valence-corrected chi connectivity index (χ1v) is 6.17. The van der Waals surface area contributed by atoms with Crippen molar-refractivity contribution in [2.45, 2.75) is 31.8 Å². The lowest BCUT2D eigenvalue weighted by atomic mass is 9.89. The molecular weight excluding hydrogens is 200 g/mol. The van der Waals surface area contributed by atoms with Crippen molar-refractivity contribution in [1.82, 2.24) is 0 Å². The lowest BCUT2D eigenvalue weighted by molar-refractivity contribution is 0.0298. The van der Waals surface area contributed by atoms with Crippen molar-refractivity contribution in [3.63, 3.8) is 0 Å². The van der Waals surface area contributed by atoms with Crippen molar-refractivity contribution >= 4 is 0 Å². The second-order valence-corrected chi connectivity index (χ2v) is 5.12. The fourth-order valence-electron chi connectivity index (χ4n) is 2.98. The van der Waals surface area contributed by atoms with Crippen LogP contribution in [0.25, 0.3) is 0 Å². The van der Waals surface area contributed by atoms with E-state index in [1.807, 2.05) is 18.2 Å². The van der Waals surface area contributed by atoms with Crippen LogP contribution in [0.1, 0.15) is 25.3 Å². The predicted octanol–water partition coefficient (Wildman–Crippen LogP) is 2.40. The molecule has 1 aromatic carbocycles. The van der Waals surface area contributed by atoms with Crippen LogP contribution in [-0.4, -0.2) is 17.3 Å². The van der Waals surface area contributed by atoms with Gasteiger partial charge in [-0.3, -0.25) is 0 Å². The fraction of sp³-hybridized carbons (Fsp3) is 0.571. The van der Waals surface area contributed by atoms with E-state index in [-0.39, 0.29) is 5.92 Å². The molecule has 1 N–H and O–H groups in total. The average molecular weight is 218 g/mol. The van der Waals surface area contributed by atoms with Crippen molar-refractivity contribution in [2.24, 2.45) is 11.8 Å². The second kappa shape index (κ2) is 3.49. The van der Waals surface area contributed by atoms with Crippen LogP contribution in [0.5, 0.6) is 5.75 Å². The van der Waals surface area contributed by atoms with Crippen LogP contribution in [-0.2, 0) is 6.42 Å². The molecule has 1 aliphatic heterocycles. The molecule has 0 spiro atoms. The Labute approximate surface area is 96.2 Å². The van der Waals surface area contributed by atoms with Gasteiger partial charge in [-0.25, -0.2) is 0 Å². The summed E-state index contributed by atoms with van der Waals surface area (Å²) >= 11 is 0. The Morgan fingerprint density at radius 1 is 1.44 bits per heavy atom. The minimum Gasteiger partial charge on any atom is -0.493 e. The maximum Gasteiger partial charge on any atom is 0.122 e. The zero-order valence-electron chi connectivity index (χ0n) is 9.65. The maximum absolute atomic E-state index is 10.5. The molecule has 1 saturated carbocycles. The van der Waals surface area contributed by atoms with E-state index in [4.69, 9.17) is 4.74 Å². The van der Waals surface area contributed by atoms with E-state index in [0.29, 0.717) is 12.5 Å². The van der Waals surface area contributed by atoms with Crippen molar-refractivity contribution in [3.05, 3.63) is 29.8 Å². The molecule has 2 aliphatic rings. The molecule has 0 aromatic heterocycles. The van der Waals surface area contributed by atoms with Gasteiger partial charge in [0.2, 0.25) is 0 Å². The number of hydrogen-bond acceptors (Lipinski definition) is 2. The predicted molar refractivity (Wildman–Crippen MR) is 62.5 cm³/mol. The van der Waals surface area contributed by atoms with Crippen molar-refractivity contribution in [1.29, 1.82) is 0 Å². The second-order valence-electron chi connectivity index (χ2n) is 5.12. The molecule has 86 valence electrons. The summed E-state index contributed by atoms with van der Waals surface area (Å²) in [5.41, 5.74) is 0.802. The van der Waals surface area contributed by atoms with E-state index >= 15 is 0 Å². The minimum atomic E-state index is -0.442. The summed E-state index contributed by atoms with van der Waals surface area (Å²) in [5.74, 6) is 1.77. The molecule has 16 heavy (non-hydrogen) atoms. The van der Waals surface area contributed by atoms with Crippen molar-refractivity contribution in [2.75, 3.05) is 6.61 Å². The van der Waals surface area contributed by atoms with E-state index in [1.165, 1.54) is 5.56 Å². The Morgan fingerprint density at radius 3 is 3.00 bits per heavy atom. The van der Waals surface area contributed by atoms with E-state index in [9.17, 15) is 5.11 Å². The van der Waals surface area contributed by atoms with Gasteiger partial charge in [0.1, 0.15) is 5.75 Å². The number of para-hydroxylation sites is 1. The summed E-state index contributed by atoms with van der Waals surface area (Å²) in [6.07, 6.45) is 3.00. The van der Waals surface area contributed by atoms with Gasteiger partial charge in [-0.2, -0.15) is 0 Å². The zero-order valence-corrected chi connectivity index (χ0v) is 9.65. The summed E-state index contributed by atoms with van der Waals surface area (Å²) in [5, 5.41) is 10.5. The molecule has 3 atom stereocenters. The number of hydrogen-bond donors (Lipinski definition) is 1. The van der Waals surface area contributed by atoms with Gasteiger partial charge in [0.25, 0.3) is 0 Å². The Hall–Kier alpha value is -1.02. The summed E-state index contributed by atoms with van der Waals surface area (Å²) < 4.78 is 5.74. The quantitative estimate of drug-likeness (QED) is 0.826. The Balaban J connectivity index is 1.79. The molecule has 1 aliphatic carbocycles. The highest BCUT2D eigenvalue weighted by molar-refractivity contribution is 5.36. The van der Waals surface area contributed by atoms with Crippen LogP contribution >= 0.6 is 0 Å². The summed E-state index contributed by atoms with van der Waals surface area (Å²) in [6.45, 7) is 2.82. The zero-order chi connectivity index (χ0) is 11.2. The minimum absolute atomic E-state index is 0.285. The van der Waals surface area contributed by atoms with E-state index in [2.05, 4.69) is 13.0 Å². The van der Waals surface area contributed by atoms with Crippen LogP contribution in [0.15, 0.2) is 24.3 Å². The van der Waals surface area contributed by atoms with Crippen LogP contribution in [0.4, 0.5) is 0 Å². The van der Waals surface area contributed by atoms with Crippen LogP contribution < -0.4 is 4.74 Å². The third-order valence-corrected chi connectivity index (χ3v) is 4.20. The maximum atomic E-state index is 10.5. The van der Waals surface area contributed by atoms with Crippen LogP contribution in [0.3, 0.4) is 0 Å². The van der Waals surface area contributed by atoms with Crippen LogP contribution in [0.2, 0.25) is 0 Å². The number of benzene rings is 1. The third kappa shape index (κ3) is 1.44. The van der Waals surface area contributed by atoms with Crippen molar-refractivity contribution in [3.8, 4) is 5.75 Å². The Morgan fingerprint density at radius 2 is 2.25 bits per heavy atom. The molecule has 0 saturated heterocycles. The lowest BCUT2D eigenvalue weighted by Crippen LogP contribution is -2.34. The molecule has 2 heteroatoms. The molecule has 1 aromatic rings. The lowest BCUT2D eigenvalue weighted by Gasteiger charge is -2.29. The standard InChI is InChI=1S/C14H18O2/c1-2-11-8-14(11,15)12-7-10-5-3-4-6-13(10)16-9-12/h3-6,11-12,15H,2,7-9H2,1H3. The van der Waals surface area contributed by atoms with E-state index < -0.39 is 5.60 Å². The summed E-state index contributed by atoms with van der Waals surface area (Å²) in [4.78, 5) is 0. The highest BCUT2D eigenvalue weighted by Gasteiger charge is 2.57. The largest absolute Gasteiger partial charge is 0.493 e. The molecular formula is C14H18O2. The highest BCUT2D eigenvalue weighted by atomic mass is 16.5. The van der Waals surface area contributed by atoms with E-state index in [1.54, 1.807) is 0 Å². The highest BCUT2D eigenvalue weighted by Crippen LogP contribution is 2.53. The third-order valence-electron chi connectivity index (χ3n) is 4.20. The monoisotopic (exact) mass is 218 g/mol. The topological polar surface area (TPSA) is 29.5 Å². The van der Waals surface area contributed by atoms with Gasteiger partial charge in [-0.05, 0) is 30.4 Å². The number of ether oxygens (including phenoxy) is 1. The Kier molecular flexibility index (Phi) is 2.21. The van der Waals surface area contributed by atoms with Gasteiger partial charge in [-0.15, -0.1) is 0 Å². The van der Waals surface area contributed by atoms with Gasteiger partial charge < -0.3 is 9.84 Å². The number of aliphatic hydroxyl groups is 1. The Bertz CT molecular complexity index is 401. The smallest absolute Gasteiger partial charge is 0.122 e. The molecule has 0 bridgehead atoms. The molecule has 1 heterocycles. The summed E-state index contributed by atoms with van der Waals surface area (Å²) in [7, 11) is 0. The molecule has 3 unspecified atom stereocenters. The van der Waals surface area contributed by atoms with Crippen molar-refractivity contribution < 1.29 is 9.84 Å². The molecule has 3 rings (SSSR count). The molecule has 1 fully saturated rings. The number of fused-ring (bicyclic) bond motifs is 1. The summed E-state index contributed by atoms with van der Waals surface area (Å²) in [6, 6.07) is 8.16. The molecule has 2 nitrogen and oxygen atoms in total. The number of rotatable bonds is 2. The van der Waals surface area contributed by atoms with Gasteiger partial charge in [-0.1, -0.05) is 31.5 Å². The first kappa shape index (κ1) is 10.2. The van der Waals surface area contributed by atoms with E-state index in [0.717, 1.165) is 25.0 Å². The first-order valence-electron chi connectivity index (χ1n) is 6.17. The van der Waals surface area contributed by atoms with Gasteiger partial charge in [0.15, 0.2) is 0 Å². The van der Waals surface area contributed by atoms with Crippen LogP contribution in [0, 0.1) is 11.8 Å². The molecule has 0 radical (unpaired) electrons.